The smallest absolute Gasteiger partial charge is 0.326 e. The zero-order valence-electron chi connectivity index (χ0n) is 38.3. The molecule has 0 unspecified atom stereocenters. The van der Waals surface area contributed by atoms with E-state index in [1.54, 1.807) is 60.7 Å². The lowest BCUT2D eigenvalue weighted by Gasteiger charge is -2.30. The van der Waals surface area contributed by atoms with Crippen LogP contribution in [0.25, 0.3) is 0 Å². The number of nitrogens with two attached hydrogens (primary N) is 3. The molecule has 1 aliphatic rings. The van der Waals surface area contributed by atoms with Gasteiger partial charge in [-0.1, -0.05) is 72.8 Å². The number of carbonyl (C=O) groups is 8. The Bertz CT molecular complexity index is 2240. The van der Waals surface area contributed by atoms with Crippen molar-refractivity contribution in [2.75, 3.05) is 26.2 Å². The lowest BCUT2D eigenvalue weighted by molar-refractivity contribution is -0.150. The van der Waals surface area contributed by atoms with Crippen molar-refractivity contribution in [3.8, 4) is 5.75 Å². The summed E-state index contributed by atoms with van der Waals surface area (Å²) in [4.78, 5) is 113. The quantitative estimate of drug-likeness (QED) is 0.0231. The molecule has 22 heteroatoms. The van der Waals surface area contributed by atoms with Crippen LogP contribution in [0.3, 0.4) is 0 Å². The first-order chi connectivity index (χ1) is 32.9. The number of benzene rings is 3. The molecule has 0 aromatic heterocycles. The normalized spacial score (nSPS) is 15.7. The summed E-state index contributed by atoms with van der Waals surface area (Å²) in [5, 5.41) is 46.0. The van der Waals surface area contributed by atoms with E-state index in [9.17, 15) is 53.7 Å². The summed E-state index contributed by atoms with van der Waals surface area (Å²) in [6.45, 7) is 0.940. The average Bonchev–Trinajstić information content (AvgIpc) is 3.82. The Labute approximate surface area is 399 Å². The van der Waals surface area contributed by atoms with Gasteiger partial charge in [0.2, 0.25) is 41.4 Å². The highest BCUT2D eigenvalue weighted by atomic mass is 16.4. The van der Waals surface area contributed by atoms with Crippen molar-refractivity contribution in [2.24, 2.45) is 22.2 Å². The van der Waals surface area contributed by atoms with E-state index in [2.05, 4.69) is 36.9 Å². The fourth-order valence-corrected chi connectivity index (χ4v) is 7.55. The number of aliphatic carboxylic acids is 1. The molecule has 3 aromatic rings. The third-order valence-electron chi connectivity index (χ3n) is 11.1. The van der Waals surface area contributed by atoms with E-state index in [1.165, 1.54) is 31.2 Å². The third-order valence-corrected chi connectivity index (χ3v) is 11.1. The number of amides is 7. The second-order valence-electron chi connectivity index (χ2n) is 16.6. The van der Waals surface area contributed by atoms with E-state index in [0.717, 1.165) is 4.90 Å². The van der Waals surface area contributed by atoms with Crippen molar-refractivity contribution in [3.63, 3.8) is 0 Å². The predicted octanol–water partition coefficient (Wildman–Crippen LogP) is -2.18. The van der Waals surface area contributed by atoms with Crippen LogP contribution in [0, 0.1) is 0 Å². The molecule has 7 amide bonds. The minimum Gasteiger partial charge on any atom is -0.508 e. The monoisotopic (exact) mass is 957 g/mol. The number of aliphatic hydroxyl groups is 1. The average molecular weight is 958 g/mol. The van der Waals surface area contributed by atoms with Crippen LogP contribution < -0.4 is 49.1 Å². The molecule has 372 valence electrons. The maximum atomic E-state index is 14.5. The zero-order valence-corrected chi connectivity index (χ0v) is 38.3. The first kappa shape index (κ1) is 54.0. The summed E-state index contributed by atoms with van der Waals surface area (Å²) in [5.74, 6) is -6.82. The van der Waals surface area contributed by atoms with E-state index < -0.39 is 96.2 Å². The van der Waals surface area contributed by atoms with Gasteiger partial charge < -0.3 is 69.3 Å². The molecule has 0 saturated carbocycles. The second-order valence-corrected chi connectivity index (χ2v) is 16.6. The molecule has 1 aliphatic heterocycles. The minimum absolute atomic E-state index is 0.0362. The van der Waals surface area contributed by atoms with Crippen LogP contribution in [-0.2, 0) is 57.6 Å². The van der Waals surface area contributed by atoms with Crippen molar-refractivity contribution >= 4 is 53.3 Å². The first-order valence-electron chi connectivity index (χ1n) is 22.6. The topological polar surface area (TPSA) is 363 Å². The molecule has 3 aromatic carbocycles. The van der Waals surface area contributed by atoms with Crippen LogP contribution in [0.15, 0.2) is 89.9 Å². The molecule has 1 fully saturated rings. The Morgan fingerprint density at radius 1 is 0.696 bits per heavy atom. The molecule has 0 bridgehead atoms. The molecular weight excluding hydrogens is 895 g/mol. The fraction of sp³-hybridized carbons (Fsp3) is 0.426. The summed E-state index contributed by atoms with van der Waals surface area (Å²) in [7, 11) is 0. The van der Waals surface area contributed by atoms with Gasteiger partial charge in [-0.05, 0) is 61.4 Å². The van der Waals surface area contributed by atoms with Gasteiger partial charge in [-0.25, -0.2) is 4.79 Å². The highest BCUT2D eigenvalue weighted by Crippen LogP contribution is 2.20. The van der Waals surface area contributed by atoms with Crippen LogP contribution >= 0.6 is 0 Å². The molecule has 15 N–H and O–H groups in total. The molecule has 4 rings (SSSR count). The van der Waals surface area contributed by atoms with Crippen LogP contribution in [0.4, 0.5) is 0 Å². The summed E-state index contributed by atoms with van der Waals surface area (Å²) in [6.07, 6.45) is -0.894. The van der Waals surface area contributed by atoms with Crippen molar-refractivity contribution in [1.82, 2.24) is 36.8 Å². The van der Waals surface area contributed by atoms with Crippen LogP contribution in [0.1, 0.15) is 55.7 Å². The van der Waals surface area contributed by atoms with Crippen molar-refractivity contribution in [1.29, 1.82) is 0 Å². The number of hydrogen-bond acceptors (Lipinski definition) is 12. The number of aliphatic hydroxyl groups excluding tert-OH is 1. The van der Waals surface area contributed by atoms with Crippen molar-refractivity contribution < 1.29 is 53.7 Å². The Hall–Kier alpha value is -7.59. The fourth-order valence-electron chi connectivity index (χ4n) is 7.55. The summed E-state index contributed by atoms with van der Waals surface area (Å²) in [6, 6.07) is 15.1. The van der Waals surface area contributed by atoms with Crippen LogP contribution in [0.2, 0.25) is 0 Å². The van der Waals surface area contributed by atoms with Gasteiger partial charge in [0.15, 0.2) is 5.96 Å². The summed E-state index contributed by atoms with van der Waals surface area (Å²) in [5.41, 5.74) is 18.0. The van der Waals surface area contributed by atoms with E-state index in [1.807, 2.05) is 0 Å². The Morgan fingerprint density at radius 3 is 1.71 bits per heavy atom. The standard InChI is InChI=1S/C47H63N11O11/c1-28(59)40(45(67)58-23-9-15-37(58)46(68)69)57-44(66)36(26-31-16-18-32(60)19-17-31)56-43(65)35(25-30-12-6-3-7-13-30)55-42(64)34(24-29-10-4-2-5-11-29)54-39(62)27-52-41(63)33(53-38(61)20-21-48)14-8-22-51-47(49)50/h2-7,10-13,16-19,28,33-37,40,59-60H,8-9,14-15,20-27,48H2,1H3,(H,52,63)(H,53,61)(H,54,62)(H,55,64)(H,56,65)(H,57,66)(H,68,69)(H4,49,50,51)/t28-,33+,34+,35+,36+,37+,40+/m1/s1. The van der Waals surface area contributed by atoms with Crippen molar-refractivity contribution in [2.45, 2.75) is 101 Å². The Morgan fingerprint density at radius 2 is 1.20 bits per heavy atom. The molecule has 0 radical (unpaired) electrons. The zero-order chi connectivity index (χ0) is 50.5. The Kier molecular flexibility index (Phi) is 21.4. The van der Waals surface area contributed by atoms with E-state index >= 15 is 0 Å². The van der Waals surface area contributed by atoms with Gasteiger partial charge in [0.05, 0.1) is 12.6 Å². The predicted molar refractivity (Wildman–Crippen MR) is 252 cm³/mol. The second kappa shape index (κ2) is 27.3. The maximum Gasteiger partial charge on any atom is 0.326 e. The van der Waals surface area contributed by atoms with Gasteiger partial charge >= 0.3 is 5.97 Å². The highest BCUT2D eigenvalue weighted by Gasteiger charge is 2.40. The third kappa shape index (κ3) is 17.9. The summed E-state index contributed by atoms with van der Waals surface area (Å²) >= 11 is 0. The van der Waals surface area contributed by atoms with Gasteiger partial charge in [0.1, 0.15) is 42.0 Å². The molecule has 0 spiro atoms. The number of aromatic hydroxyl groups is 1. The van der Waals surface area contributed by atoms with Gasteiger partial charge in [-0.3, -0.25) is 38.6 Å². The number of hydrogen-bond donors (Lipinski definition) is 12. The number of rotatable bonds is 26. The maximum absolute atomic E-state index is 14.5. The highest BCUT2D eigenvalue weighted by molar-refractivity contribution is 5.97. The van der Waals surface area contributed by atoms with E-state index in [4.69, 9.17) is 17.2 Å². The number of carboxylic acid groups (broad SMARTS) is 1. The number of likely N-dealkylation sites (tertiary alicyclic amines) is 1. The van der Waals surface area contributed by atoms with Gasteiger partial charge in [-0.2, -0.15) is 0 Å². The largest absolute Gasteiger partial charge is 0.508 e. The number of phenolic OH excluding ortho intramolecular Hbond substituents is 1. The number of phenols is 1. The Balaban J connectivity index is 1.59. The number of carboxylic acids is 1. The molecule has 7 atom stereocenters. The lowest BCUT2D eigenvalue weighted by Crippen LogP contribution is -2.61. The van der Waals surface area contributed by atoms with Crippen molar-refractivity contribution in [3.05, 3.63) is 102 Å². The number of aliphatic imine (C=N–C) groups is 1. The number of nitrogens with one attached hydrogen (secondary N) is 6. The molecule has 1 heterocycles. The molecule has 22 nitrogen and oxygen atoms in total. The molecule has 0 aliphatic carbocycles. The SMILES string of the molecule is C[C@@H](O)[C@H](NC(=O)[C@H](Cc1ccc(O)cc1)NC(=O)[C@H](Cc1ccccc1)NC(=O)[C@H](Cc1ccccc1)NC(=O)CNC(=O)[C@H](CCCN=C(N)N)NC(=O)CCN)C(=O)N1CCC[C@H]1C(=O)O. The number of nitrogens with zero attached hydrogens (tertiary/aromatic N) is 2. The minimum atomic E-state index is -1.60. The van der Waals surface area contributed by atoms with Gasteiger partial charge in [-0.15, -0.1) is 0 Å². The number of carbonyl (C=O) groups excluding carboxylic acids is 7. The molecule has 69 heavy (non-hydrogen) atoms. The van der Waals surface area contributed by atoms with E-state index in [0.29, 0.717) is 29.5 Å². The van der Waals surface area contributed by atoms with Crippen LogP contribution in [0.5, 0.6) is 5.75 Å². The van der Waals surface area contributed by atoms with Gasteiger partial charge in [0, 0.05) is 45.3 Å². The lowest BCUT2D eigenvalue weighted by atomic mass is 10.0. The molecular formula is C47H63N11O11. The molecule has 1 saturated heterocycles. The number of guanidine groups is 1. The van der Waals surface area contributed by atoms with Gasteiger partial charge in [0.25, 0.3) is 0 Å². The first-order valence-corrected chi connectivity index (χ1v) is 22.6. The van der Waals surface area contributed by atoms with E-state index in [-0.39, 0.29) is 69.9 Å². The summed E-state index contributed by atoms with van der Waals surface area (Å²) < 4.78 is 0. The van der Waals surface area contributed by atoms with Crippen LogP contribution in [-0.4, -0.2) is 142 Å².